The number of aryl methyl sites for hydroxylation is 1. The molecule has 0 N–H and O–H groups in total. The molecule has 3 aromatic heterocycles. The van der Waals surface area contributed by atoms with Crippen LogP contribution < -0.4 is 4.90 Å². The normalized spacial score (nSPS) is 17.1. The SMILES string of the molecule is CSCc1cc(N2CCOC[C@H]2C)nc2c(-c3ccnn3CCCC[Si](C)(C)C)nccc12. The number of ether oxygens (including phenoxy) is 1. The number of anilines is 1. The molecular formula is C25H37N5OSSi. The topological polar surface area (TPSA) is 56.1 Å². The molecule has 8 heteroatoms. The summed E-state index contributed by atoms with van der Waals surface area (Å²) >= 11 is 1.84. The first-order valence-corrected chi connectivity index (χ1v) is 17.1. The first-order chi connectivity index (χ1) is 15.9. The van der Waals surface area contributed by atoms with Gasteiger partial charge in [-0.15, -0.1) is 0 Å². The third-order valence-corrected chi connectivity index (χ3v) is 8.72. The summed E-state index contributed by atoms with van der Waals surface area (Å²) in [6.07, 6.45) is 8.37. The Bertz CT molecular complexity index is 1080. The fraction of sp³-hybridized carbons (Fsp3) is 0.560. The number of hydrogen-bond donors (Lipinski definition) is 0. The van der Waals surface area contributed by atoms with Gasteiger partial charge in [0, 0.05) is 44.7 Å². The molecule has 33 heavy (non-hydrogen) atoms. The summed E-state index contributed by atoms with van der Waals surface area (Å²) in [4.78, 5) is 12.4. The van der Waals surface area contributed by atoms with Crippen LogP contribution in [0.5, 0.6) is 0 Å². The number of pyridine rings is 2. The van der Waals surface area contributed by atoms with Gasteiger partial charge in [0.05, 0.1) is 24.9 Å². The summed E-state index contributed by atoms with van der Waals surface area (Å²) in [6, 6.07) is 8.12. The second kappa shape index (κ2) is 10.6. The molecule has 3 aromatic rings. The van der Waals surface area contributed by atoms with Crippen LogP contribution in [-0.4, -0.2) is 59.9 Å². The lowest BCUT2D eigenvalue weighted by Gasteiger charge is -2.34. The van der Waals surface area contributed by atoms with Crippen LogP contribution in [0.25, 0.3) is 22.3 Å². The molecule has 1 fully saturated rings. The van der Waals surface area contributed by atoms with Gasteiger partial charge in [0.2, 0.25) is 0 Å². The third-order valence-electron chi connectivity index (χ3n) is 6.27. The molecule has 0 aliphatic carbocycles. The number of rotatable bonds is 9. The summed E-state index contributed by atoms with van der Waals surface area (Å²) in [7, 11) is -1.00. The van der Waals surface area contributed by atoms with Gasteiger partial charge >= 0.3 is 0 Å². The zero-order valence-electron chi connectivity index (χ0n) is 20.7. The summed E-state index contributed by atoms with van der Waals surface area (Å²) in [5.41, 5.74) is 4.27. The van der Waals surface area contributed by atoms with E-state index in [9.17, 15) is 0 Å². The Labute approximate surface area is 203 Å². The second-order valence-corrected chi connectivity index (χ2v) is 16.7. The molecule has 1 aliphatic heterocycles. The molecule has 0 bridgehead atoms. The number of thioether (sulfide) groups is 1. The van der Waals surface area contributed by atoms with Crippen molar-refractivity contribution in [2.75, 3.05) is 30.9 Å². The van der Waals surface area contributed by atoms with Gasteiger partial charge in [0.25, 0.3) is 0 Å². The monoisotopic (exact) mass is 483 g/mol. The second-order valence-electron chi connectivity index (χ2n) is 10.2. The van der Waals surface area contributed by atoms with Crippen LogP contribution in [0.15, 0.2) is 30.6 Å². The van der Waals surface area contributed by atoms with E-state index in [-0.39, 0.29) is 0 Å². The standard InChI is InChI=1S/C25H37N5OSSi/c1-19-17-31-14-13-29(19)23-16-20(18-32-2)21-8-10-26-25(24(21)28-23)22-9-11-27-30(22)12-6-7-15-33(3,4)5/h8-11,16,19H,6-7,12-15,17-18H2,1-5H3/t19-/m1/s1. The molecule has 0 spiro atoms. The predicted molar refractivity (Wildman–Crippen MR) is 143 cm³/mol. The maximum atomic E-state index is 5.67. The van der Waals surface area contributed by atoms with Gasteiger partial charge in [-0.3, -0.25) is 9.67 Å². The van der Waals surface area contributed by atoms with Crippen molar-refractivity contribution in [1.29, 1.82) is 0 Å². The van der Waals surface area contributed by atoms with Gasteiger partial charge in [0.15, 0.2) is 0 Å². The predicted octanol–water partition coefficient (Wildman–Crippen LogP) is 5.70. The van der Waals surface area contributed by atoms with E-state index in [1.807, 2.05) is 24.2 Å². The van der Waals surface area contributed by atoms with Crippen LogP contribution in [-0.2, 0) is 17.0 Å². The number of unbranched alkanes of at least 4 members (excludes halogenated alkanes) is 1. The number of fused-ring (bicyclic) bond motifs is 1. The summed E-state index contributed by atoms with van der Waals surface area (Å²) < 4.78 is 7.79. The highest BCUT2D eigenvalue weighted by Crippen LogP contribution is 2.32. The zero-order chi connectivity index (χ0) is 23.4. The van der Waals surface area contributed by atoms with E-state index < -0.39 is 8.07 Å². The van der Waals surface area contributed by atoms with Crippen molar-refractivity contribution in [2.24, 2.45) is 0 Å². The lowest BCUT2D eigenvalue weighted by Crippen LogP contribution is -2.44. The molecule has 0 amide bonds. The lowest BCUT2D eigenvalue weighted by molar-refractivity contribution is 0.0985. The van der Waals surface area contributed by atoms with E-state index in [4.69, 9.17) is 14.7 Å². The van der Waals surface area contributed by atoms with Crippen molar-refractivity contribution < 1.29 is 4.74 Å². The first kappa shape index (κ1) is 24.2. The average molecular weight is 484 g/mol. The highest BCUT2D eigenvalue weighted by Gasteiger charge is 2.23. The van der Waals surface area contributed by atoms with Gasteiger partial charge in [0.1, 0.15) is 17.0 Å². The summed E-state index contributed by atoms with van der Waals surface area (Å²) in [5, 5.41) is 5.83. The van der Waals surface area contributed by atoms with E-state index in [1.165, 1.54) is 23.4 Å². The highest BCUT2D eigenvalue weighted by atomic mass is 32.2. The Morgan fingerprint density at radius 3 is 2.79 bits per heavy atom. The van der Waals surface area contributed by atoms with E-state index in [0.717, 1.165) is 61.2 Å². The van der Waals surface area contributed by atoms with Crippen molar-refractivity contribution in [2.45, 2.75) is 63.8 Å². The van der Waals surface area contributed by atoms with Crippen LogP contribution >= 0.6 is 11.8 Å². The van der Waals surface area contributed by atoms with Crippen molar-refractivity contribution in [3.63, 3.8) is 0 Å². The molecule has 4 heterocycles. The average Bonchev–Trinajstić information content (AvgIpc) is 3.24. The number of hydrogen-bond acceptors (Lipinski definition) is 6. The zero-order valence-corrected chi connectivity index (χ0v) is 22.5. The molecule has 0 unspecified atom stereocenters. The van der Waals surface area contributed by atoms with Crippen molar-refractivity contribution in [3.8, 4) is 11.4 Å². The van der Waals surface area contributed by atoms with Crippen LogP contribution in [0, 0.1) is 0 Å². The van der Waals surface area contributed by atoms with Crippen LogP contribution in [0.2, 0.25) is 25.7 Å². The Hall–Kier alpha value is -1.90. The Kier molecular flexibility index (Phi) is 7.76. The molecule has 1 saturated heterocycles. The number of morpholine rings is 1. The van der Waals surface area contributed by atoms with Gasteiger partial charge in [-0.1, -0.05) is 32.1 Å². The van der Waals surface area contributed by atoms with Crippen LogP contribution in [0.1, 0.15) is 25.3 Å². The minimum Gasteiger partial charge on any atom is -0.377 e. The third kappa shape index (κ3) is 5.78. The minimum atomic E-state index is -1.00. The Morgan fingerprint density at radius 1 is 1.18 bits per heavy atom. The van der Waals surface area contributed by atoms with E-state index in [2.05, 4.69) is 65.7 Å². The van der Waals surface area contributed by atoms with Gasteiger partial charge in [-0.05, 0) is 43.4 Å². The van der Waals surface area contributed by atoms with Crippen molar-refractivity contribution in [3.05, 3.63) is 36.2 Å². The quantitative estimate of drug-likeness (QED) is 0.287. The fourth-order valence-electron chi connectivity index (χ4n) is 4.51. The molecule has 0 radical (unpaired) electrons. The maximum absolute atomic E-state index is 5.67. The fourth-order valence-corrected chi connectivity index (χ4v) is 6.37. The smallest absolute Gasteiger partial charge is 0.130 e. The van der Waals surface area contributed by atoms with Crippen LogP contribution in [0.4, 0.5) is 5.82 Å². The Morgan fingerprint density at radius 2 is 2.03 bits per heavy atom. The molecule has 6 nitrogen and oxygen atoms in total. The molecule has 4 rings (SSSR count). The van der Waals surface area contributed by atoms with Crippen LogP contribution in [0.3, 0.4) is 0 Å². The van der Waals surface area contributed by atoms with E-state index in [0.29, 0.717) is 6.04 Å². The molecule has 1 atom stereocenters. The molecule has 0 saturated carbocycles. The highest BCUT2D eigenvalue weighted by molar-refractivity contribution is 7.97. The van der Waals surface area contributed by atoms with Gasteiger partial charge in [-0.2, -0.15) is 16.9 Å². The molecular weight excluding hydrogens is 446 g/mol. The summed E-state index contributed by atoms with van der Waals surface area (Å²) in [5.74, 6) is 1.97. The minimum absolute atomic E-state index is 0.308. The van der Waals surface area contributed by atoms with Gasteiger partial charge < -0.3 is 9.64 Å². The Balaban J connectivity index is 1.71. The van der Waals surface area contributed by atoms with Gasteiger partial charge in [-0.25, -0.2) is 4.98 Å². The largest absolute Gasteiger partial charge is 0.377 e. The van der Waals surface area contributed by atoms with Crippen molar-refractivity contribution >= 4 is 36.6 Å². The molecule has 0 aromatic carbocycles. The lowest BCUT2D eigenvalue weighted by atomic mass is 10.1. The molecule has 178 valence electrons. The first-order valence-electron chi connectivity index (χ1n) is 12.0. The maximum Gasteiger partial charge on any atom is 0.130 e. The van der Waals surface area contributed by atoms with Crippen molar-refractivity contribution in [1.82, 2.24) is 19.7 Å². The van der Waals surface area contributed by atoms with E-state index >= 15 is 0 Å². The summed E-state index contributed by atoms with van der Waals surface area (Å²) in [6.45, 7) is 12.8. The molecule has 1 aliphatic rings. The van der Waals surface area contributed by atoms with E-state index in [1.54, 1.807) is 0 Å². The number of nitrogens with zero attached hydrogens (tertiary/aromatic N) is 5. The number of aromatic nitrogens is 4.